The van der Waals surface area contributed by atoms with Crippen LogP contribution in [-0.4, -0.2) is 18.4 Å². The Balaban J connectivity index is 1.40. The van der Waals surface area contributed by atoms with Crippen molar-refractivity contribution in [1.29, 1.82) is 0 Å². The maximum absolute atomic E-state index is 12.5. The highest BCUT2D eigenvalue weighted by molar-refractivity contribution is 7.10. The Bertz CT molecular complexity index is 948. The van der Waals surface area contributed by atoms with Crippen LogP contribution in [-0.2, 0) is 17.6 Å². The molecule has 1 atom stereocenters. The van der Waals surface area contributed by atoms with E-state index in [1.54, 1.807) is 23.5 Å². The van der Waals surface area contributed by atoms with Crippen LogP contribution < -0.4 is 10.6 Å². The molecule has 144 valence electrons. The summed E-state index contributed by atoms with van der Waals surface area (Å²) in [6.45, 7) is 0.257. The minimum atomic E-state index is -0.314. The molecule has 28 heavy (non-hydrogen) atoms. The van der Waals surface area contributed by atoms with Crippen LogP contribution >= 0.6 is 11.3 Å². The first-order valence-corrected chi connectivity index (χ1v) is 10.3. The van der Waals surface area contributed by atoms with E-state index in [9.17, 15) is 9.59 Å². The van der Waals surface area contributed by atoms with Gasteiger partial charge in [0.25, 0.3) is 5.91 Å². The number of carbonyl (C=O) groups excluding carboxylic acids is 2. The fourth-order valence-electron chi connectivity index (χ4n) is 3.56. The lowest BCUT2D eigenvalue weighted by molar-refractivity contribution is -0.121. The second kappa shape index (κ2) is 8.44. The van der Waals surface area contributed by atoms with Crippen molar-refractivity contribution < 1.29 is 14.0 Å². The number of fused-ring (bicyclic) bond motifs is 1. The smallest absolute Gasteiger partial charge is 0.286 e. The number of benzene rings is 1. The molecule has 2 N–H and O–H groups in total. The van der Waals surface area contributed by atoms with Crippen LogP contribution in [0.1, 0.15) is 51.0 Å². The summed E-state index contributed by atoms with van der Waals surface area (Å²) in [4.78, 5) is 25.5. The van der Waals surface area contributed by atoms with Crippen LogP contribution in [0.3, 0.4) is 0 Å². The second-order valence-electron chi connectivity index (χ2n) is 6.88. The SMILES string of the molecule is O=C(CCNC(=O)c1ccco1)NC(c1ccc2c(c1)CCC2)c1cccs1. The van der Waals surface area contributed by atoms with Crippen molar-refractivity contribution >= 4 is 23.2 Å². The Morgan fingerprint density at radius 1 is 1.11 bits per heavy atom. The van der Waals surface area contributed by atoms with Gasteiger partial charge in [0.15, 0.2) is 5.76 Å². The molecule has 6 heteroatoms. The predicted molar refractivity (Wildman–Crippen MR) is 108 cm³/mol. The lowest BCUT2D eigenvalue weighted by Gasteiger charge is -2.19. The average molecular weight is 394 g/mol. The van der Waals surface area contributed by atoms with Crippen molar-refractivity contribution in [1.82, 2.24) is 10.6 Å². The molecule has 1 aliphatic carbocycles. The van der Waals surface area contributed by atoms with E-state index in [-0.39, 0.29) is 36.6 Å². The summed E-state index contributed by atoms with van der Waals surface area (Å²) < 4.78 is 5.05. The van der Waals surface area contributed by atoms with Crippen LogP contribution in [0.4, 0.5) is 0 Å². The number of nitrogens with one attached hydrogen (secondary N) is 2. The minimum absolute atomic E-state index is 0.0985. The largest absolute Gasteiger partial charge is 0.459 e. The molecule has 2 amide bonds. The highest BCUT2D eigenvalue weighted by Gasteiger charge is 2.20. The number of furan rings is 1. The van der Waals surface area contributed by atoms with E-state index >= 15 is 0 Å². The van der Waals surface area contributed by atoms with Crippen molar-refractivity contribution in [3.8, 4) is 0 Å². The molecule has 3 aromatic rings. The predicted octanol–water partition coefficient (Wildman–Crippen LogP) is 3.86. The first kappa shape index (κ1) is 18.5. The number of hydrogen-bond acceptors (Lipinski definition) is 4. The van der Waals surface area contributed by atoms with Gasteiger partial charge in [0.05, 0.1) is 12.3 Å². The maximum atomic E-state index is 12.5. The van der Waals surface area contributed by atoms with E-state index in [1.807, 2.05) is 17.5 Å². The van der Waals surface area contributed by atoms with Gasteiger partial charge in [0.1, 0.15) is 0 Å². The topological polar surface area (TPSA) is 71.3 Å². The molecular weight excluding hydrogens is 372 g/mol. The van der Waals surface area contributed by atoms with Crippen LogP contribution in [0, 0.1) is 0 Å². The van der Waals surface area contributed by atoms with Crippen LogP contribution in [0.5, 0.6) is 0 Å². The molecule has 1 aromatic carbocycles. The third-order valence-electron chi connectivity index (χ3n) is 4.97. The standard InChI is InChI=1S/C22H22N2O3S/c25-20(10-11-23-22(26)18-6-2-12-27-18)24-21(19-7-3-13-28-19)17-9-8-15-4-1-5-16(15)14-17/h2-3,6-9,12-14,21H,1,4-5,10-11H2,(H,23,26)(H,24,25). The normalized spacial score (nSPS) is 13.7. The highest BCUT2D eigenvalue weighted by Crippen LogP contribution is 2.30. The van der Waals surface area contributed by atoms with Gasteiger partial charge in [0.2, 0.25) is 5.91 Å². The van der Waals surface area contributed by atoms with Crippen molar-refractivity contribution in [2.45, 2.75) is 31.7 Å². The molecule has 0 radical (unpaired) electrons. The molecule has 2 heterocycles. The van der Waals surface area contributed by atoms with Gasteiger partial charge >= 0.3 is 0 Å². The van der Waals surface area contributed by atoms with Gasteiger partial charge in [-0.2, -0.15) is 0 Å². The minimum Gasteiger partial charge on any atom is -0.459 e. The summed E-state index contributed by atoms with van der Waals surface area (Å²) in [5.74, 6) is -0.167. The summed E-state index contributed by atoms with van der Waals surface area (Å²) in [5.41, 5.74) is 3.91. The van der Waals surface area contributed by atoms with Crippen molar-refractivity contribution in [2.24, 2.45) is 0 Å². The van der Waals surface area contributed by atoms with E-state index < -0.39 is 0 Å². The zero-order valence-corrected chi connectivity index (χ0v) is 16.3. The molecule has 4 rings (SSSR count). The van der Waals surface area contributed by atoms with E-state index in [4.69, 9.17) is 4.42 Å². The fraction of sp³-hybridized carbons (Fsp3) is 0.273. The number of thiophene rings is 1. The number of carbonyl (C=O) groups is 2. The van der Waals surface area contributed by atoms with Crippen molar-refractivity contribution in [3.63, 3.8) is 0 Å². The average Bonchev–Trinajstić information content (AvgIpc) is 3.47. The van der Waals surface area contributed by atoms with E-state index in [1.165, 1.54) is 23.8 Å². The molecule has 0 aliphatic heterocycles. The number of rotatable bonds is 7. The molecular formula is C22H22N2O3S. The van der Waals surface area contributed by atoms with E-state index in [2.05, 4.69) is 28.8 Å². The van der Waals surface area contributed by atoms with Gasteiger partial charge in [-0.25, -0.2) is 0 Å². The number of amides is 2. The van der Waals surface area contributed by atoms with Crippen LogP contribution in [0.2, 0.25) is 0 Å². The lowest BCUT2D eigenvalue weighted by Crippen LogP contribution is -2.33. The summed E-state index contributed by atoms with van der Waals surface area (Å²) in [6, 6.07) is 13.7. The quantitative estimate of drug-likeness (QED) is 0.639. The van der Waals surface area contributed by atoms with Gasteiger partial charge < -0.3 is 15.1 Å². The molecule has 2 aromatic heterocycles. The van der Waals surface area contributed by atoms with E-state index in [0.29, 0.717) is 0 Å². The third kappa shape index (κ3) is 4.17. The maximum Gasteiger partial charge on any atom is 0.286 e. The summed E-state index contributed by atoms with van der Waals surface area (Å²) >= 11 is 1.63. The first-order valence-electron chi connectivity index (χ1n) is 9.47. The molecule has 0 bridgehead atoms. The third-order valence-corrected chi connectivity index (χ3v) is 5.91. The zero-order chi connectivity index (χ0) is 19.3. The molecule has 0 spiro atoms. The molecule has 0 saturated heterocycles. The van der Waals surface area contributed by atoms with Crippen molar-refractivity contribution in [2.75, 3.05) is 6.54 Å². The Morgan fingerprint density at radius 3 is 2.79 bits per heavy atom. The summed E-state index contributed by atoms with van der Waals surface area (Å²) in [6.07, 6.45) is 5.10. The van der Waals surface area contributed by atoms with Crippen LogP contribution in [0.15, 0.2) is 58.5 Å². The van der Waals surface area contributed by atoms with Gasteiger partial charge in [0, 0.05) is 17.8 Å². The molecule has 0 fully saturated rings. The number of hydrogen-bond donors (Lipinski definition) is 2. The number of aryl methyl sites for hydroxylation is 2. The highest BCUT2D eigenvalue weighted by atomic mass is 32.1. The van der Waals surface area contributed by atoms with Crippen LogP contribution in [0.25, 0.3) is 0 Å². The van der Waals surface area contributed by atoms with Gasteiger partial charge in [-0.1, -0.05) is 24.3 Å². The Morgan fingerprint density at radius 2 is 2.00 bits per heavy atom. The van der Waals surface area contributed by atoms with Gasteiger partial charge in [-0.3, -0.25) is 9.59 Å². The Hall–Kier alpha value is -2.86. The fourth-order valence-corrected chi connectivity index (χ4v) is 4.37. The Labute approximate surface area is 167 Å². The first-order chi connectivity index (χ1) is 13.7. The molecule has 5 nitrogen and oxygen atoms in total. The zero-order valence-electron chi connectivity index (χ0n) is 15.4. The Kier molecular flexibility index (Phi) is 5.58. The second-order valence-corrected chi connectivity index (χ2v) is 7.86. The monoisotopic (exact) mass is 394 g/mol. The summed E-state index contributed by atoms with van der Waals surface area (Å²) in [5, 5.41) is 7.86. The molecule has 0 saturated carbocycles. The lowest BCUT2D eigenvalue weighted by atomic mass is 10.00. The van der Waals surface area contributed by atoms with Gasteiger partial charge in [-0.05, 0) is 59.5 Å². The van der Waals surface area contributed by atoms with E-state index in [0.717, 1.165) is 23.3 Å². The molecule has 1 unspecified atom stereocenters. The van der Waals surface area contributed by atoms with Gasteiger partial charge in [-0.15, -0.1) is 11.3 Å². The summed E-state index contributed by atoms with van der Waals surface area (Å²) in [7, 11) is 0. The van der Waals surface area contributed by atoms with Crippen molar-refractivity contribution in [3.05, 3.63) is 81.4 Å². The molecule has 1 aliphatic rings.